The van der Waals surface area contributed by atoms with Gasteiger partial charge < -0.3 is 14.8 Å². The van der Waals surface area contributed by atoms with Crippen molar-refractivity contribution >= 4 is 33.4 Å². The third-order valence-electron chi connectivity index (χ3n) is 4.77. The minimum atomic E-state index is -3.69. The lowest BCUT2D eigenvalue weighted by atomic mass is 10.2. The summed E-state index contributed by atoms with van der Waals surface area (Å²) in [7, 11) is -3.69. The van der Waals surface area contributed by atoms with Crippen LogP contribution in [0.1, 0.15) is 18.1 Å². The van der Waals surface area contributed by atoms with Gasteiger partial charge in [0.1, 0.15) is 19.3 Å². The first-order valence-electron chi connectivity index (χ1n) is 10.1. The van der Waals surface area contributed by atoms with Gasteiger partial charge in [0.2, 0.25) is 15.9 Å². The van der Waals surface area contributed by atoms with Crippen molar-refractivity contribution in [3.8, 4) is 11.5 Å². The third-order valence-corrected chi connectivity index (χ3v) is 7.04. The second-order valence-electron chi connectivity index (χ2n) is 7.40. The summed E-state index contributed by atoms with van der Waals surface area (Å²) in [5.41, 5.74) is 2.83. The summed E-state index contributed by atoms with van der Waals surface area (Å²) < 4.78 is 37.1. The van der Waals surface area contributed by atoms with E-state index in [1.807, 2.05) is 6.07 Å². The maximum Gasteiger partial charge on any atom is 0.243 e. The van der Waals surface area contributed by atoms with Crippen molar-refractivity contribution in [3.63, 3.8) is 0 Å². The molecule has 0 aromatic heterocycles. The smallest absolute Gasteiger partial charge is 0.243 e. The Kier molecular flexibility index (Phi) is 7.72. The molecule has 0 unspecified atom stereocenters. The molecule has 0 aliphatic carbocycles. The second kappa shape index (κ2) is 10.3. The number of benzene rings is 2. The number of ether oxygens (including phenoxy) is 2. The third kappa shape index (κ3) is 6.30. The van der Waals surface area contributed by atoms with Gasteiger partial charge in [-0.1, -0.05) is 29.8 Å². The van der Waals surface area contributed by atoms with E-state index in [-0.39, 0.29) is 5.91 Å². The number of sulfonamides is 1. The number of anilines is 1. The van der Waals surface area contributed by atoms with Crippen LogP contribution < -0.4 is 19.1 Å². The zero-order valence-electron chi connectivity index (χ0n) is 18.0. The maximum atomic E-state index is 12.7. The van der Waals surface area contributed by atoms with E-state index >= 15 is 0 Å². The molecule has 1 amide bonds. The monoisotopic (exact) mass is 464 g/mol. The zero-order chi connectivity index (χ0) is 22.4. The van der Waals surface area contributed by atoms with Gasteiger partial charge in [0.25, 0.3) is 0 Å². The molecule has 2 aromatic carbocycles. The van der Waals surface area contributed by atoms with Gasteiger partial charge in [0, 0.05) is 24.1 Å². The van der Waals surface area contributed by atoms with Gasteiger partial charge in [0.15, 0.2) is 11.5 Å². The number of aryl methyl sites for hydroxylation is 1. The van der Waals surface area contributed by atoms with Crippen LogP contribution in [0.25, 0.3) is 0 Å². The van der Waals surface area contributed by atoms with Crippen LogP contribution >= 0.6 is 11.8 Å². The summed E-state index contributed by atoms with van der Waals surface area (Å²) in [5.74, 6) is 2.27. The van der Waals surface area contributed by atoms with Crippen LogP contribution in [0, 0.1) is 6.92 Å². The molecule has 1 N–H and O–H groups in total. The van der Waals surface area contributed by atoms with Crippen LogP contribution in [0.4, 0.5) is 5.69 Å². The number of carbonyl (C=O) groups is 1. The number of nitrogens with zero attached hydrogens (tertiary/aromatic N) is 1. The molecule has 3 rings (SSSR count). The van der Waals surface area contributed by atoms with Gasteiger partial charge in [-0.3, -0.25) is 9.10 Å². The van der Waals surface area contributed by atoms with Crippen LogP contribution in [-0.4, -0.2) is 52.1 Å². The van der Waals surface area contributed by atoms with E-state index in [0.717, 1.165) is 22.1 Å². The molecule has 168 valence electrons. The number of nitrogens with one attached hydrogen (secondary N) is 1. The predicted octanol–water partition coefficient (Wildman–Crippen LogP) is 2.97. The Labute approximate surface area is 188 Å². The molecule has 1 aliphatic heterocycles. The molecule has 0 saturated carbocycles. The lowest BCUT2D eigenvalue weighted by Gasteiger charge is -2.29. The Morgan fingerprint density at radius 3 is 2.61 bits per heavy atom. The highest BCUT2D eigenvalue weighted by Crippen LogP contribution is 2.35. The summed E-state index contributed by atoms with van der Waals surface area (Å²) in [6, 6.07) is 12.3. The van der Waals surface area contributed by atoms with E-state index in [0.29, 0.717) is 36.9 Å². The number of thioether (sulfide) groups is 1. The molecule has 31 heavy (non-hydrogen) atoms. The number of amides is 1. The average molecular weight is 465 g/mol. The highest BCUT2D eigenvalue weighted by molar-refractivity contribution is 7.98. The van der Waals surface area contributed by atoms with Gasteiger partial charge in [-0.25, -0.2) is 8.42 Å². The van der Waals surface area contributed by atoms with Gasteiger partial charge in [-0.2, -0.15) is 11.8 Å². The van der Waals surface area contributed by atoms with E-state index in [4.69, 9.17) is 9.47 Å². The van der Waals surface area contributed by atoms with Gasteiger partial charge in [-0.15, -0.1) is 0 Å². The molecule has 0 spiro atoms. The lowest BCUT2D eigenvalue weighted by Crippen LogP contribution is -2.48. The number of fused-ring (bicyclic) bond motifs is 1. The Morgan fingerprint density at radius 2 is 1.90 bits per heavy atom. The normalized spacial score (nSPS) is 14.0. The fourth-order valence-electron chi connectivity index (χ4n) is 3.36. The summed E-state index contributed by atoms with van der Waals surface area (Å²) in [5, 5.41) is 2.84. The Morgan fingerprint density at radius 1 is 1.16 bits per heavy atom. The standard InChI is InChI=1S/C22H28N2O5S2/c1-16-5-4-6-18(13-16)15-30-12-9-23-22(25)17(2)24(31(3,26)27)19-7-8-20-21(14-19)29-11-10-28-20/h4-8,13-14,17H,9-12,15H2,1-3H3,(H,23,25)/t17-/m0/s1. The van der Waals surface area contributed by atoms with Crippen LogP contribution in [0.15, 0.2) is 42.5 Å². The maximum absolute atomic E-state index is 12.7. The van der Waals surface area contributed by atoms with E-state index in [2.05, 4.69) is 30.4 Å². The van der Waals surface area contributed by atoms with Gasteiger partial charge >= 0.3 is 0 Å². The highest BCUT2D eigenvalue weighted by atomic mass is 32.2. The van der Waals surface area contributed by atoms with E-state index in [1.54, 1.807) is 36.9 Å². The van der Waals surface area contributed by atoms with Crippen molar-refractivity contribution < 1.29 is 22.7 Å². The quantitative estimate of drug-likeness (QED) is 0.575. The van der Waals surface area contributed by atoms with E-state index in [1.165, 1.54) is 11.1 Å². The van der Waals surface area contributed by atoms with E-state index < -0.39 is 16.1 Å². The molecule has 0 fully saturated rings. The molecule has 1 atom stereocenters. The first-order valence-corrected chi connectivity index (χ1v) is 13.1. The van der Waals surface area contributed by atoms with Crippen LogP contribution in [0.5, 0.6) is 11.5 Å². The number of hydrogen-bond donors (Lipinski definition) is 1. The fraction of sp³-hybridized carbons (Fsp3) is 0.409. The van der Waals surface area contributed by atoms with Gasteiger partial charge in [-0.05, 0) is 31.5 Å². The topological polar surface area (TPSA) is 84.9 Å². The Balaban J connectivity index is 1.58. The highest BCUT2D eigenvalue weighted by Gasteiger charge is 2.30. The molecule has 9 heteroatoms. The van der Waals surface area contributed by atoms with Crippen molar-refractivity contribution in [2.24, 2.45) is 0 Å². The fourth-order valence-corrected chi connectivity index (χ4v) is 5.34. The SMILES string of the molecule is Cc1cccc(CSCCNC(=O)[C@H](C)N(c2ccc3c(c2)OCCO3)S(C)(=O)=O)c1. The largest absolute Gasteiger partial charge is 0.486 e. The Hall–Kier alpha value is -2.39. The number of hydrogen-bond acceptors (Lipinski definition) is 6. The van der Waals surface area contributed by atoms with Crippen LogP contribution in [0.3, 0.4) is 0 Å². The Bertz CT molecular complexity index is 1030. The molecule has 0 bridgehead atoms. The average Bonchev–Trinajstić information content (AvgIpc) is 2.72. The van der Waals surface area contributed by atoms with Gasteiger partial charge in [0.05, 0.1) is 11.9 Å². The molecule has 1 heterocycles. The summed E-state index contributed by atoms with van der Waals surface area (Å²) in [6.45, 7) is 4.94. The second-order valence-corrected chi connectivity index (χ2v) is 10.4. The van der Waals surface area contributed by atoms with Crippen molar-refractivity contribution in [2.45, 2.75) is 25.6 Å². The minimum Gasteiger partial charge on any atom is -0.486 e. The van der Waals surface area contributed by atoms with Crippen molar-refractivity contribution in [3.05, 3.63) is 53.6 Å². The van der Waals surface area contributed by atoms with E-state index in [9.17, 15) is 13.2 Å². The molecular formula is C22H28N2O5S2. The molecule has 0 saturated heterocycles. The first-order chi connectivity index (χ1) is 14.8. The number of rotatable bonds is 9. The predicted molar refractivity (Wildman–Crippen MR) is 125 cm³/mol. The number of carbonyl (C=O) groups excluding carboxylic acids is 1. The molecule has 7 nitrogen and oxygen atoms in total. The summed E-state index contributed by atoms with van der Waals surface area (Å²) in [4.78, 5) is 12.7. The summed E-state index contributed by atoms with van der Waals surface area (Å²) in [6.07, 6.45) is 1.09. The van der Waals surface area contributed by atoms with Crippen molar-refractivity contribution in [1.82, 2.24) is 5.32 Å². The minimum absolute atomic E-state index is 0.350. The molecular weight excluding hydrogens is 436 g/mol. The molecule has 1 aliphatic rings. The summed E-state index contributed by atoms with van der Waals surface area (Å²) >= 11 is 1.72. The molecule has 0 radical (unpaired) electrons. The van der Waals surface area contributed by atoms with Crippen molar-refractivity contribution in [2.75, 3.05) is 36.1 Å². The van der Waals surface area contributed by atoms with Crippen LogP contribution in [-0.2, 0) is 20.6 Å². The zero-order valence-corrected chi connectivity index (χ0v) is 19.6. The molecule has 2 aromatic rings. The van der Waals surface area contributed by atoms with Crippen LogP contribution in [0.2, 0.25) is 0 Å². The first kappa shape index (κ1) is 23.3. The van der Waals surface area contributed by atoms with Crippen molar-refractivity contribution in [1.29, 1.82) is 0 Å². The lowest BCUT2D eigenvalue weighted by molar-refractivity contribution is -0.121.